The molecule has 4 aromatic rings. The average molecular weight is 461 g/mol. The number of amides is 2. The molecule has 1 atom stereocenters. The van der Waals surface area contributed by atoms with Gasteiger partial charge < -0.3 is 5.32 Å². The summed E-state index contributed by atoms with van der Waals surface area (Å²) in [5, 5.41) is 4.12. The molecule has 2 amide bonds. The second kappa shape index (κ2) is 8.37. The minimum absolute atomic E-state index is 0.00949. The lowest BCUT2D eigenvalue weighted by Crippen LogP contribution is -2.45. The van der Waals surface area contributed by atoms with Crippen LogP contribution in [0, 0.1) is 6.92 Å². The third kappa shape index (κ3) is 3.87. The van der Waals surface area contributed by atoms with Gasteiger partial charge in [-0.05, 0) is 37.6 Å². The maximum Gasteiger partial charge on any atom is 0.244 e. The summed E-state index contributed by atoms with van der Waals surface area (Å²) in [5.74, 6) is 0.351. The summed E-state index contributed by atoms with van der Waals surface area (Å²) >= 11 is 3.03. The van der Waals surface area contributed by atoms with Crippen molar-refractivity contribution in [3.05, 3.63) is 66.5 Å². The van der Waals surface area contributed by atoms with Gasteiger partial charge in [0.2, 0.25) is 11.8 Å². The maximum atomic E-state index is 13.3. The van der Waals surface area contributed by atoms with Gasteiger partial charge in [0.25, 0.3) is 0 Å². The Hall–Kier alpha value is -3.23. The molecular formula is C24H20N4O2S2. The fourth-order valence-corrected chi connectivity index (χ4v) is 5.88. The van der Waals surface area contributed by atoms with Gasteiger partial charge in [-0.15, -0.1) is 11.3 Å². The number of carbonyl (C=O) groups excluding carboxylic acids is 2. The lowest BCUT2D eigenvalue weighted by atomic mass is 10.2. The molecule has 2 aromatic heterocycles. The second-order valence-electron chi connectivity index (χ2n) is 7.52. The molecule has 0 aliphatic carbocycles. The highest BCUT2D eigenvalue weighted by Crippen LogP contribution is 2.38. The van der Waals surface area contributed by atoms with E-state index < -0.39 is 5.25 Å². The van der Waals surface area contributed by atoms with Gasteiger partial charge in [-0.3, -0.25) is 14.5 Å². The number of nitrogens with one attached hydrogen (secondary N) is 1. The molecule has 6 nitrogen and oxygen atoms in total. The molecule has 160 valence electrons. The molecule has 1 aliphatic heterocycles. The van der Waals surface area contributed by atoms with E-state index in [0.717, 1.165) is 31.4 Å². The van der Waals surface area contributed by atoms with Crippen molar-refractivity contribution in [3.8, 4) is 10.4 Å². The van der Waals surface area contributed by atoms with Gasteiger partial charge in [0.05, 0.1) is 16.6 Å². The first-order chi connectivity index (χ1) is 15.5. The van der Waals surface area contributed by atoms with Crippen LogP contribution in [0.15, 0.2) is 65.7 Å². The first kappa shape index (κ1) is 20.7. The van der Waals surface area contributed by atoms with Crippen molar-refractivity contribution in [2.24, 2.45) is 0 Å². The quantitative estimate of drug-likeness (QED) is 0.337. The lowest BCUT2D eigenvalue weighted by molar-refractivity contribution is -0.121. The Morgan fingerprint density at radius 1 is 1.12 bits per heavy atom. The minimum atomic E-state index is -0.425. The van der Waals surface area contributed by atoms with E-state index in [0.29, 0.717) is 11.5 Å². The van der Waals surface area contributed by atoms with Crippen LogP contribution in [0.1, 0.15) is 12.7 Å². The molecule has 3 heterocycles. The molecule has 2 aromatic carbocycles. The predicted octanol–water partition coefficient (Wildman–Crippen LogP) is 5.13. The van der Waals surface area contributed by atoms with E-state index >= 15 is 0 Å². The molecule has 0 bridgehead atoms. The van der Waals surface area contributed by atoms with Crippen LogP contribution in [0.2, 0.25) is 0 Å². The van der Waals surface area contributed by atoms with Crippen LogP contribution in [-0.4, -0.2) is 33.6 Å². The highest BCUT2D eigenvalue weighted by molar-refractivity contribution is 8.00. The van der Waals surface area contributed by atoms with E-state index in [-0.39, 0.29) is 18.4 Å². The van der Waals surface area contributed by atoms with Gasteiger partial charge in [-0.1, -0.05) is 54.2 Å². The molecular weight excluding hydrogens is 440 g/mol. The molecule has 1 aliphatic rings. The highest BCUT2D eigenvalue weighted by Gasteiger charge is 2.30. The molecule has 8 heteroatoms. The summed E-state index contributed by atoms with van der Waals surface area (Å²) in [5.41, 5.74) is 2.50. The Bertz CT molecular complexity index is 1340. The lowest BCUT2D eigenvalue weighted by Gasteiger charge is -2.30. The minimum Gasteiger partial charge on any atom is -0.323 e. The zero-order valence-corrected chi connectivity index (χ0v) is 19.2. The van der Waals surface area contributed by atoms with Crippen LogP contribution in [0.3, 0.4) is 0 Å². The Balaban J connectivity index is 1.46. The zero-order valence-electron chi connectivity index (χ0n) is 17.5. The van der Waals surface area contributed by atoms with Crippen molar-refractivity contribution < 1.29 is 9.59 Å². The Morgan fingerprint density at radius 3 is 2.69 bits per heavy atom. The number of anilines is 2. The molecule has 0 radical (unpaired) electrons. The van der Waals surface area contributed by atoms with Crippen molar-refractivity contribution in [1.29, 1.82) is 0 Å². The fraction of sp³-hybridized carbons (Fsp3) is 0.167. The van der Waals surface area contributed by atoms with E-state index in [9.17, 15) is 9.59 Å². The number of aryl methyl sites for hydroxylation is 1. The number of hydrogen-bond donors (Lipinski definition) is 1. The van der Waals surface area contributed by atoms with E-state index in [1.165, 1.54) is 11.8 Å². The summed E-state index contributed by atoms with van der Waals surface area (Å²) in [7, 11) is 0. The SMILES string of the molecule is Cc1nc(S[C@@H](C)C(=O)N2CC(=O)Nc3ccccc32)c2cc(-c3ccccc3)sc2n1. The summed E-state index contributed by atoms with van der Waals surface area (Å²) in [4.78, 5) is 38.3. The highest BCUT2D eigenvalue weighted by atomic mass is 32.2. The van der Waals surface area contributed by atoms with Crippen molar-refractivity contribution in [1.82, 2.24) is 9.97 Å². The van der Waals surface area contributed by atoms with E-state index in [4.69, 9.17) is 0 Å². The molecule has 0 spiro atoms. The number of para-hydroxylation sites is 2. The number of hydrogen-bond acceptors (Lipinski definition) is 6. The van der Waals surface area contributed by atoms with Gasteiger partial charge in [-0.2, -0.15) is 0 Å². The van der Waals surface area contributed by atoms with E-state index in [1.54, 1.807) is 22.3 Å². The van der Waals surface area contributed by atoms with Crippen LogP contribution in [0.5, 0.6) is 0 Å². The number of thiophene rings is 1. The van der Waals surface area contributed by atoms with Gasteiger partial charge in [0.1, 0.15) is 22.2 Å². The summed E-state index contributed by atoms with van der Waals surface area (Å²) in [6.45, 7) is 3.73. The van der Waals surface area contributed by atoms with Crippen LogP contribution >= 0.6 is 23.1 Å². The van der Waals surface area contributed by atoms with Crippen LogP contribution in [0.25, 0.3) is 20.7 Å². The number of benzene rings is 2. The van der Waals surface area contributed by atoms with Crippen molar-refractivity contribution in [2.45, 2.75) is 24.1 Å². The van der Waals surface area contributed by atoms with Crippen molar-refractivity contribution in [3.63, 3.8) is 0 Å². The van der Waals surface area contributed by atoms with E-state index in [2.05, 4.69) is 33.5 Å². The normalized spacial score (nSPS) is 14.2. The molecule has 32 heavy (non-hydrogen) atoms. The molecule has 5 rings (SSSR count). The van der Waals surface area contributed by atoms with Crippen LogP contribution in [-0.2, 0) is 9.59 Å². The zero-order chi connectivity index (χ0) is 22.2. The monoisotopic (exact) mass is 460 g/mol. The van der Waals surface area contributed by atoms with Gasteiger partial charge in [0.15, 0.2) is 0 Å². The number of fused-ring (bicyclic) bond motifs is 2. The summed E-state index contributed by atoms with van der Waals surface area (Å²) < 4.78 is 0. The van der Waals surface area contributed by atoms with Crippen LogP contribution < -0.4 is 10.2 Å². The Kier molecular flexibility index (Phi) is 5.40. The van der Waals surface area contributed by atoms with Crippen molar-refractivity contribution >= 4 is 56.5 Å². The summed E-state index contributed by atoms with van der Waals surface area (Å²) in [6.07, 6.45) is 0. The molecule has 0 unspecified atom stereocenters. The van der Waals surface area contributed by atoms with Crippen LogP contribution in [0.4, 0.5) is 11.4 Å². The number of carbonyl (C=O) groups is 2. The summed E-state index contributed by atoms with van der Waals surface area (Å²) in [6, 6.07) is 19.6. The number of nitrogens with zero attached hydrogens (tertiary/aromatic N) is 3. The number of thioether (sulfide) groups is 1. The van der Waals surface area contributed by atoms with Gasteiger partial charge in [-0.25, -0.2) is 9.97 Å². The second-order valence-corrected chi connectivity index (χ2v) is 9.88. The van der Waals surface area contributed by atoms with Crippen molar-refractivity contribution in [2.75, 3.05) is 16.8 Å². The molecule has 0 saturated carbocycles. The first-order valence-electron chi connectivity index (χ1n) is 10.2. The third-order valence-electron chi connectivity index (χ3n) is 5.20. The predicted molar refractivity (Wildman–Crippen MR) is 130 cm³/mol. The topological polar surface area (TPSA) is 75.2 Å². The molecule has 1 N–H and O–H groups in total. The largest absolute Gasteiger partial charge is 0.323 e. The number of rotatable bonds is 4. The van der Waals surface area contributed by atoms with Gasteiger partial charge in [0, 0.05) is 10.3 Å². The average Bonchev–Trinajstić information content (AvgIpc) is 3.23. The maximum absolute atomic E-state index is 13.3. The van der Waals surface area contributed by atoms with E-state index in [1.807, 2.05) is 50.2 Å². The molecule has 0 saturated heterocycles. The number of aromatic nitrogens is 2. The smallest absolute Gasteiger partial charge is 0.244 e. The Labute approximate surface area is 193 Å². The third-order valence-corrected chi connectivity index (χ3v) is 7.37. The van der Waals surface area contributed by atoms with Gasteiger partial charge >= 0.3 is 0 Å². The Morgan fingerprint density at radius 2 is 1.88 bits per heavy atom. The fourth-order valence-electron chi connectivity index (χ4n) is 3.70. The standard InChI is InChI=1S/C24H20N4O2S2/c1-14(24(30)28-13-21(29)27-18-10-6-7-11-19(18)28)31-22-17-12-20(16-8-4-3-5-9-16)32-23(17)26-15(2)25-22/h3-12,14H,13H2,1-2H3,(H,27,29)/t14-/m0/s1. The molecule has 0 fully saturated rings. The first-order valence-corrected chi connectivity index (χ1v) is 11.9.